The van der Waals surface area contributed by atoms with E-state index in [9.17, 15) is 9.59 Å². The maximum atomic E-state index is 11.9. The number of nitrogens with zero attached hydrogens (tertiary/aromatic N) is 1. The average Bonchev–Trinajstić information content (AvgIpc) is 2.47. The van der Waals surface area contributed by atoms with Crippen LogP contribution in [-0.4, -0.2) is 29.9 Å². The molecule has 102 valence electrons. The second-order valence-corrected chi connectivity index (χ2v) is 4.76. The summed E-state index contributed by atoms with van der Waals surface area (Å²) in [6.45, 7) is 3.09. The smallest absolute Gasteiger partial charge is 0.410 e. The number of hydrogen-bond acceptors (Lipinski definition) is 3. The predicted molar refractivity (Wildman–Crippen MR) is 72.1 cm³/mol. The summed E-state index contributed by atoms with van der Waals surface area (Å²) in [5.74, 6) is 0.973. The van der Waals surface area contributed by atoms with Gasteiger partial charge >= 0.3 is 6.09 Å². The minimum Gasteiger partial charge on any atom is -0.410 e. The van der Waals surface area contributed by atoms with E-state index in [1.54, 1.807) is 17.0 Å². The van der Waals surface area contributed by atoms with Crippen molar-refractivity contribution in [1.82, 2.24) is 4.90 Å². The quantitative estimate of drug-likeness (QED) is 0.840. The number of amides is 1. The van der Waals surface area contributed by atoms with Gasteiger partial charge in [-0.3, -0.25) is 4.79 Å². The lowest BCUT2D eigenvalue weighted by molar-refractivity contribution is -0.123. The van der Waals surface area contributed by atoms with Gasteiger partial charge in [0.25, 0.3) is 0 Å². The Morgan fingerprint density at radius 3 is 2.42 bits per heavy atom. The number of ether oxygens (including phenoxy) is 1. The van der Waals surface area contributed by atoms with E-state index in [1.807, 2.05) is 25.1 Å². The molecule has 0 unspecified atom stereocenters. The van der Waals surface area contributed by atoms with Crippen LogP contribution < -0.4 is 4.74 Å². The molecule has 0 bridgehead atoms. The fraction of sp³-hybridized carbons (Fsp3) is 0.467. The van der Waals surface area contributed by atoms with Crippen molar-refractivity contribution in [3.63, 3.8) is 0 Å². The van der Waals surface area contributed by atoms with Crippen molar-refractivity contribution in [1.29, 1.82) is 0 Å². The highest BCUT2D eigenvalue weighted by molar-refractivity contribution is 5.81. The van der Waals surface area contributed by atoms with Gasteiger partial charge in [0.2, 0.25) is 0 Å². The number of carbonyl (C=O) groups is 2. The largest absolute Gasteiger partial charge is 0.415 e. The van der Waals surface area contributed by atoms with Gasteiger partial charge in [-0.05, 0) is 25.0 Å². The van der Waals surface area contributed by atoms with Crippen LogP contribution in [0.15, 0.2) is 30.3 Å². The summed E-state index contributed by atoms with van der Waals surface area (Å²) in [6.07, 6.45) is 1.75. The Labute approximate surface area is 113 Å². The lowest BCUT2D eigenvalue weighted by Gasteiger charge is -2.30. The minimum atomic E-state index is -0.325. The van der Waals surface area contributed by atoms with Crippen molar-refractivity contribution < 1.29 is 14.3 Å². The molecule has 1 aromatic carbocycles. The van der Waals surface area contributed by atoms with Crippen LogP contribution in [0.25, 0.3) is 0 Å². The minimum absolute atomic E-state index is 0.116. The van der Waals surface area contributed by atoms with E-state index in [2.05, 4.69) is 0 Å². The van der Waals surface area contributed by atoms with E-state index in [0.717, 1.165) is 12.8 Å². The number of piperidine rings is 1. The van der Waals surface area contributed by atoms with Crippen LogP contribution in [-0.2, 0) is 4.79 Å². The molecule has 0 N–H and O–H groups in total. The molecule has 1 aliphatic rings. The molecule has 0 atom stereocenters. The first-order chi connectivity index (χ1) is 9.20. The van der Waals surface area contributed by atoms with Gasteiger partial charge in [0.1, 0.15) is 11.5 Å². The highest BCUT2D eigenvalue weighted by Gasteiger charge is 2.27. The van der Waals surface area contributed by atoms with Crippen LogP contribution in [0.2, 0.25) is 0 Å². The Balaban J connectivity index is 1.84. The van der Waals surface area contributed by atoms with Crippen LogP contribution in [0.3, 0.4) is 0 Å². The van der Waals surface area contributed by atoms with E-state index >= 15 is 0 Å². The summed E-state index contributed by atoms with van der Waals surface area (Å²) >= 11 is 0. The SMILES string of the molecule is CCC(=O)C1CCN(C(=O)Oc2ccccc2)CC1. The monoisotopic (exact) mass is 261 g/mol. The zero-order valence-corrected chi connectivity index (χ0v) is 11.2. The summed E-state index contributed by atoms with van der Waals surface area (Å²) in [5, 5.41) is 0. The van der Waals surface area contributed by atoms with Gasteiger partial charge in [0, 0.05) is 25.4 Å². The Bertz CT molecular complexity index is 436. The lowest BCUT2D eigenvalue weighted by Crippen LogP contribution is -2.41. The molecule has 4 heteroatoms. The van der Waals surface area contributed by atoms with Crippen molar-refractivity contribution in [2.24, 2.45) is 5.92 Å². The van der Waals surface area contributed by atoms with Crippen LogP contribution in [0.5, 0.6) is 5.75 Å². The van der Waals surface area contributed by atoms with E-state index in [-0.39, 0.29) is 12.0 Å². The molecular weight excluding hydrogens is 242 g/mol. The number of rotatable bonds is 3. The Morgan fingerprint density at radius 1 is 1.21 bits per heavy atom. The number of Topliss-reactive ketones (excluding diaryl/α,β-unsaturated/α-hetero) is 1. The number of ketones is 1. The van der Waals surface area contributed by atoms with Crippen molar-refractivity contribution >= 4 is 11.9 Å². The van der Waals surface area contributed by atoms with Crippen LogP contribution >= 0.6 is 0 Å². The Kier molecular flexibility index (Phi) is 4.55. The summed E-state index contributed by atoms with van der Waals surface area (Å²) in [6, 6.07) is 9.04. The van der Waals surface area contributed by atoms with E-state index in [1.165, 1.54) is 0 Å². The van der Waals surface area contributed by atoms with Crippen LogP contribution in [0.4, 0.5) is 4.79 Å². The fourth-order valence-electron chi connectivity index (χ4n) is 2.33. The van der Waals surface area contributed by atoms with Gasteiger partial charge < -0.3 is 9.64 Å². The van der Waals surface area contributed by atoms with Gasteiger partial charge in [-0.2, -0.15) is 0 Å². The molecule has 19 heavy (non-hydrogen) atoms. The van der Waals surface area contributed by atoms with Crippen LogP contribution in [0.1, 0.15) is 26.2 Å². The number of carbonyl (C=O) groups excluding carboxylic acids is 2. The van der Waals surface area contributed by atoms with Gasteiger partial charge in [-0.25, -0.2) is 4.79 Å². The van der Waals surface area contributed by atoms with Gasteiger partial charge in [0.15, 0.2) is 0 Å². The van der Waals surface area contributed by atoms with Gasteiger partial charge in [0.05, 0.1) is 0 Å². The Morgan fingerprint density at radius 2 is 1.84 bits per heavy atom. The summed E-state index contributed by atoms with van der Waals surface area (Å²) in [7, 11) is 0. The molecule has 2 rings (SSSR count). The molecule has 4 nitrogen and oxygen atoms in total. The molecule has 1 aromatic rings. The topological polar surface area (TPSA) is 46.6 Å². The highest BCUT2D eigenvalue weighted by Crippen LogP contribution is 2.20. The van der Waals surface area contributed by atoms with Crippen molar-refractivity contribution in [2.75, 3.05) is 13.1 Å². The second kappa shape index (κ2) is 6.36. The molecule has 1 fully saturated rings. The summed E-state index contributed by atoms with van der Waals surface area (Å²) in [5.41, 5.74) is 0. The molecule has 1 saturated heterocycles. The molecule has 1 aliphatic heterocycles. The molecule has 0 saturated carbocycles. The maximum absolute atomic E-state index is 11.9. The average molecular weight is 261 g/mol. The summed E-state index contributed by atoms with van der Waals surface area (Å²) in [4.78, 5) is 25.2. The molecule has 1 heterocycles. The van der Waals surface area contributed by atoms with E-state index in [0.29, 0.717) is 31.0 Å². The number of para-hydroxylation sites is 1. The highest BCUT2D eigenvalue weighted by atomic mass is 16.6. The Hall–Kier alpha value is -1.84. The molecule has 1 amide bonds. The molecule has 0 spiro atoms. The number of hydrogen-bond donors (Lipinski definition) is 0. The van der Waals surface area contributed by atoms with E-state index in [4.69, 9.17) is 4.74 Å². The van der Waals surface area contributed by atoms with Crippen molar-refractivity contribution in [3.8, 4) is 5.75 Å². The zero-order chi connectivity index (χ0) is 13.7. The number of likely N-dealkylation sites (tertiary alicyclic amines) is 1. The first-order valence-electron chi connectivity index (χ1n) is 6.75. The van der Waals surface area contributed by atoms with E-state index < -0.39 is 0 Å². The third-order valence-corrected chi connectivity index (χ3v) is 3.51. The van der Waals surface area contributed by atoms with Crippen LogP contribution in [0, 0.1) is 5.92 Å². The van der Waals surface area contributed by atoms with Gasteiger partial charge in [-0.15, -0.1) is 0 Å². The molecule has 0 aromatic heterocycles. The number of benzene rings is 1. The van der Waals surface area contributed by atoms with Crippen molar-refractivity contribution in [2.45, 2.75) is 26.2 Å². The first-order valence-corrected chi connectivity index (χ1v) is 6.75. The standard InChI is InChI=1S/C15H19NO3/c1-2-14(17)12-8-10-16(11-9-12)15(18)19-13-6-4-3-5-7-13/h3-7,12H,2,8-11H2,1H3. The van der Waals surface area contributed by atoms with Crippen molar-refractivity contribution in [3.05, 3.63) is 30.3 Å². The molecular formula is C15H19NO3. The lowest BCUT2D eigenvalue weighted by atomic mass is 9.91. The third kappa shape index (κ3) is 3.56. The normalized spacial score (nSPS) is 16.2. The summed E-state index contributed by atoms with van der Waals surface area (Å²) < 4.78 is 5.28. The maximum Gasteiger partial charge on any atom is 0.415 e. The zero-order valence-electron chi connectivity index (χ0n) is 11.2. The third-order valence-electron chi connectivity index (χ3n) is 3.51. The van der Waals surface area contributed by atoms with Gasteiger partial charge in [-0.1, -0.05) is 25.1 Å². The molecule has 0 radical (unpaired) electrons. The molecule has 0 aliphatic carbocycles. The predicted octanol–water partition coefficient (Wildman–Crippen LogP) is 2.88. The first kappa shape index (κ1) is 13.6. The second-order valence-electron chi connectivity index (χ2n) is 4.76. The fourth-order valence-corrected chi connectivity index (χ4v) is 2.33.